The summed E-state index contributed by atoms with van der Waals surface area (Å²) in [6.45, 7) is 10.7. The minimum Gasteiger partial charge on any atom is -0.380 e. The van der Waals surface area contributed by atoms with Crippen molar-refractivity contribution in [3.05, 3.63) is 59.9 Å². The van der Waals surface area contributed by atoms with E-state index in [1.165, 1.54) is 17.6 Å². The topological polar surface area (TPSA) is 12.0 Å². The zero-order chi connectivity index (χ0) is 15.0. The molecule has 1 N–H and O–H groups in total. The molecule has 0 saturated heterocycles. The fourth-order valence-corrected chi connectivity index (χ4v) is 2.21. The predicted octanol–water partition coefficient (Wildman–Crippen LogP) is 5.30. The average molecular weight is 271 g/mol. The second kappa shape index (κ2) is 7.94. The third kappa shape index (κ3) is 4.88. The molecule has 1 atom stereocenters. The minimum atomic E-state index is 0.153. The van der Waals surface area contributed by atoms with E-state index < -0.39 is 0 Å². The molecule has 1 heterocycles. The third-order valence-electron chi connectivity index (χ3n) is 3.37. The minimum absolute atomic E-state index is 0.153. The maximum absolute atomic E-state index is 3.48. The first-order valence-corrected chi connectivity index (χ1v) is 7.83. The highest BCUT2D eigenvalue weighted by molar-refractivity contribution is 5.40. The molecule has 0 bridgehead atoms. The molecule has 2 aliphatic rings. The van der Waals surface area contributed by atoms with Crippen molar-refractivity contribution in [1.29, 1.82) is 0 Å². The summed E-state index contributed by atoms with van der Waals surface area (Å²) >= 11 is 0. The lowest BCUT2D eigenvalue weighted by molar-refractivity contribution is 0.626. The van der Waals surface area contributed by atoms with Gasteiger partial charge in [-0.25, -0.2) is 0 Å². The molecule has 1 nitrogen and oxygen atoms in total. The fourth-order valence-electron chi connectivity index (χ4n) is 2.21. The summed E-state index contributed by atoms with van der Waals surface area (Å²) in [5, 5.41) is 3.48. The fraction of sp³-hybridized carbons (Fsp3) is 0.474. The van der Waals surface area contributed by atoms with Gasteiger partial charge in [-0.05, 0) is 17.6 Å². The molecule has 1 heteroatoms. The van der Waals surface area contributed by atoms with Crippen LogP contribution in [0.5, 0.6) is 0 Å². The number of nitrogens with one attached hydrogen (secondary N) is 1. The Labute approximate surface area is 124 Å². The van der Waals surface area contributed by atoms with Crippen LogP contribution in [0.25, 0.3) is 0 Å². The molecule has 0 aromatic rings. The van der Waals surface area contributed by atoms with Gasteiger partial charge < -0.3 is 5.32 Å². The van der Waals surface area contributed by atoms with Crippen molar-refractivity contribution in [2.45, 2.75) is 53.5 Å². The largest absolute Gasteiger partial charge is 0.380 e. The molecule has 2 rings (SSSR count). The molecule has 0 aromatic carbocycles. The van der Waals surface area contributed by atoms with Crippen LogP contribution in [-0.2, 0) is 0 Å². The molecule has 1 unspecified atom stereocenters. The first-order valence-electron chi connectivity index (χ1n) is 7.83. The Balaban J connectivity index is 0.000000956. The molecular weight excluding hydrogens is 242 g/mol. The van der Waals surface area contributed by atoms with E-state index in [2.05, 4.69) is 74.8 Å². The number of hydrogen-bond acceptors (Lipinski definition) is 1. The van der Waals surface area contributed by atoms with E-state index >= 15 is 0 Å². The van der Waals surface area contributed by atoms with Gasteiger partial charge in [-0.3, -0.25) is 0 Å². The van der Waals surface area contributed by atoms with Crippen molar-refractivity contribution in [3.63, 3.8) is 0 Å². The lowest BCUT2D eigenvalue weighted by Gasteiger charge is -2.20. The van der Waals surface area contributed by atoms with Crippen LogP contribution < -0.4 is 5.32 Å². The molecule has 0 aromatic heterocycles. The van der Waals surface area contributed by atoms with E-state index in [9.17, 15) is 0 Å². The van der Waals surface area contributed by atoms with Gasteiger partial charge in [0.1, 0.15) is 0 Å². The molecule has 0 fully saturated rings. The molecule has 0 saturated carbocycles. The van der Waals surface area contributed by atoms with Gasteiger partial charge in [0.2, 0.25) is 0 Å². The lowest BCUT2D eigenvalue weighted by atomic mass is 9.92. The SMILES string of the molecule is CC.CCCC1=CNC(C2=CC=CC(C)(C)C=C2)C=C1. The van der Waals surface area contributed by atoms with Crippen LogP contribution in [-0.4, -0.2) is 6.04 Å². The molecule has 0 amide bonds. The van der Waals surface area contributed by atoms with E-state index in [0.717, 1.165) is 6.42 Å². The molecule has 20 heavy (non-hydrogen) atoms. The van der Waals surface area contributed by atoms with Crippen LogP contribution >= 0.6 is 0 Å². The molecule has 0 spiro atoms. The number of allylic oxidation sites excluding steroid dienone is 6. The standard InChI is InChI=1S/C17H23N.C2H6/c1-4-6-14-8-9-16(18-13-14)15-7-5-11-17(2,3)12-10-15;1-2/h5,7-13,16,18H,4,6H2,1-3H3;1-2H3. The van der Waals surface area contributed by atoms with Gasteiger partial charge in [0.25, 0.3) is 0 Å². The highest BCUT2D eigenvalue weighted by Gasteiger charge is 2.15. The Kier molecular flexibility index (Phi) is 6.57. The Morgan fingerprint density at radius 2 is 1.90 bits per heavy atom. The Morgan fingerprint density at radius 3 is 2.50 bits per heavy atom. The van der Waals surface area contributed by atoms with Crippen molar-refractivity contribution < 1.29 is 0 Å². The Bertz CT molecular complexity index is 444. The summed E-state index contributed by atoms with van der Waals surface area (Å²) in [5.41, 5.74) is 2.86. The van der Waals surface area contributed by atoms with Gasteiger partial charge in [-0.2, -0.15) is 0 Å². The van der Waals surface area contributed by atoms with E-state index in [-0.39, 0.29) is 5.41 Å². The number of dihydropyridines is 1. The molecular formula is C19H29N. The van der Waals surface area contributed by atoms with Crippen LogP contribution in [0, 0.1) is 5.41 Å². The summed E-state index contributed by atoms with van der Waals surface area (Å²) in [4.78, 5) is 0. The zero-order valence-electron chi connectivity index (χ0n) is 13.6. The molecule has 1 aliphatic heterocycles. The molecule has 0 radical (unpaired) electrons. The molecule has 110 valence electrons. The highest BCUT2D eigenvalue weighted by atomic mass is 14.9. The van der Waals surface area contributed by atoms with Crippen molar-refractivity contribution >= 4 is 0 Å². The van der Waals surface area contributed by atoms with Crippen molar-refractivity contribution in [3.8, 4) is 0 Å². The zero-order valence-corrected chi connectivity index (χ0v) is 13.6. The van der Waals surface area contributed by atoms with Crippen LogP contribution in [0.15, 0.2) is 59.9 Å². The average Bonchev–Trinajstić information content (AvgIpc) is 2.63. The first-order chi connectivity index (χ1) is 9.61. The van der Waals surface area contributed by atoms with Crippen LogP contribution in [0.2, 0.25) is 0 Å². The quantitative estimate of drug-likeness (QED) is 0.734. The smallest absolute Gasteiger partial charge is 0.0695 e. The van der Waals surface area contributed by atoms with Crippen molar-refractivity contribution in [2.75, 3.05) is 0 Å². The second-order valence-electron chi connectivity index (χ2n) is 5.65. The summed E-state index contributed by atoms with van der Waals surface area (Å²) in [6.07, 6.45) is 20.1. The first kappa shape index (κ1) is 16.6. The monoisotopic (exact) mass is 271 g/mol. The van der Waals surface area contributed by atoms with Gasteiger partial charge >= 0.3 is 0 Å². The van der Waals surface area contributed by atoms with Gasteiger partial charge in [0.15, 0.2) is 0 Å². The van der Waals surface area contributed by atoms with Crippen LogP contribution in [0.3, 0.4) is 0 Å². The Hall–Kier alpha value is -1.50. The Morgan fingerprint density at radius 1 is 1.15 bits per heavy atom. The van der Waals surface area contributed by atoms with Crippen molar-refractivity contribution in [2.24, 2.45) is 5.41 Å². The maximum Gasteiger partial charge on any atom is 0.0695 e. The second-order valence-corrected chi connectivity index (χ2v) is 5.65. The van der Waals surface area contributed by atoms with E-state index in [4.69, 9.17) is 0 Å². The van der Waals surface area contributed by atoms with Gasteiger partial charge in [0.05, 0.1) is 6.04 Å². The summed E-state index contributed by atoms with van der Waals surface area (Å²) < 4.78 is 0. The van der Waals surface area contributed by atoms with Gasteiger partial charge in [0, 0.05) is 11.6 Å². The van der Waals surface area contributed by atoms with Crippen LogP contribution in [0.4, 0.5) is 0 Å². The third-order valence-corrected chi connectivity index (χ3v) is 3.37. The highest BCUT2D eigenvalue weighted by Crippen LogP contribution is 2.24. The van der Waals surface area contributed by atoms with Crippen LogP contribution in [0.1, 0.15) is 47.5 Å². The van der Waals surface area contributed by atoms with E-state index in [1.54, 1.807) is 0 Å². The van der Waals surface area contributed by atoms with E-state index in [0.29, 0.717) is 6.04 Å². The number of hydrogen-bond donors (Lipinski definition) is 1. The lowest BCUT2D eigenvalue weighted by Crippen LogP contribution is -2.26. The maximum atomic E-state index is 3.48. The van der Waals surface area contributed by atoms with E-state index in [1.807, 2.05) is 13.8 Å². The predicted molar refractivity (Wildman–Crippen MR) is 90.5 cm³/mol. The summed E-state index contributed by atoms with van der Waals surface area (Å²) in [6, 6.07) is 0.306. The normalized spacial score (nSPS) is 22.9. The van der Waals surface area contributed by atoms with Gasteiger partial charge in [-0.1, -0.05) is 83.6 Å². The summed E-state index contributed by atoms with van der Waals surface area (Å²) in [5.74, 6) is 0. The molecule has 1 aliphatic carbocycles. The van der Waals surface area contributed by atoms with Gasteiger partial charge in [-0.15, -0.1) is 0 Å². The van der Waals surface area contributed by atoms with Crippen molar-refractivity contribution in [1.82, 2.24) is 5.32 Å². The summed E-state index contributed by atoms with van der Waals surface area (Å²) in [7, 11) is 0. The number of rotatable bonds is 3.